The molecule has 0 aromatic carbocycles. The lowest BCUT2D eigenvalue weighted by Gasteiger charge is -2.22. The highest BCUT2D eigenvalue weighted by molar-refractivity contribution is 5.94. The molecule has 0 unspecified atom stereocenters. The summed E-state index contributed by atoms with van der Waals surface area (Å²) in [5.74, 6) is 0.709. The maximum Gasteiger partial charge on any atom is 0.254 e. The zero-order valence-electron chi connectivity index (χ0n) is 11.9. The van der Waals surface area contributed by atoms with Gasteiger partial charge in [0.05, 0.1) is 0 Å². The van der Waals surface area contributed by atoms with E-state index in [9.17, 15) is 4.79 Å². The first kappa shape index (κ1) is 13.4. The number of ether oxygens (including phenoxy) is 1. The summed E-state index contributed by atoms with van der Waals surface area (Å²) in [6.07, 6.45) is 10.2. The van der Waals surface area contributed by atoms with Crippen LogP contribution in [0.2, 0.25) is 0 Å². The van der Waals surface area contributed by atoms with Crippen LogP contribution < -0.4 is 4.74 Å². The Bertz CT molecular complexity index is 463. The number of aromatic nitrogens is 1. The van der Waals surface area contributed by atoms with E-state index < -0.39 is 0 Å². The first-order chi connectivity index (χ1) is 9.83. The molecule has 0 atom stereocenters. The molecule has 1 aromatic heterocycles. The van der Waals surface area contributed by atoms with Crippen LogP contribution in [-0.2, 0) is 0 Å². The Kier molecular flexibility index (Phi) is 4.19. The zero-order valence-corrected chi connectivity index (χ0v) is 11.9. The van der Waals surface area contributed by atoms with Crippen LogP contribution in [0.3, 0.4) is 0 Å². The van der Waals surface area contributed by atoms with E-state index in [0.29, 0.717) is 11.4 Å². The number of carbonyl (C=O) groups is 1. The van der Waals surface area contributed by atoms with Gasteiger partial charge in [0.25, 0.3) is 5.91 Å². The molecule has 2 fully saturated rings. The van der Waals surface area contributed by atoms with Crippen molar-refractivity contribution >= 4 is 5.91 Å². The van der Waals surface area contributed by atoms with Crippen molar-refractivity contribution in [3.8, 4) is 5.88 Å². The van der Waals surface area contributed by atoms with Crippen molar-refractivity contribution in [1.82, 2.24) is 9.88 Å². The van der Waals surface area contributed by atoms with Crippen molar-refractivity contribution in [2.45, 2.75) is 51.0 Å². The monoisotopic (exact) mass is 274 g/mol. The van der Waals surface area contributed by atoms with Crippen molar-refractivity contribution in [1.29, 1.82) is 0 Å². The highest BCUT2D eigenvalue weighted by atomic mass is 16.5. The summed E-state index contributed by atoms with van der Waals surface area (Å²) in [6.45, 7) is 1.75. The molecule has 1 amide bonds. The minimum atomic E-state index is 0.110. The summed E-state index contributed by atoms with van der Waals surface area (Å²) in [6, 6.07) is 3.59. The van der Waals surface area contributed by atoms with Crippen LogP contribution in [0.15, 0.2) is 18.3 Å². The third-order valence-electron chi connectivity index (χ3n) is 4.21. The van der Waals surface area contributed by atoms with E-state index in [1.807, 2.05) is 4.90 Å². The van der Waals surface area contributed by atoms with Crippen LogP contribution >= 0.6 is 0 Å². The fourth-order valence-electron chi connectivity index (χ4n) is 3.06. The molecule has 108 valence electrons. The minimum Gasteiger partial charge on any atom is -0.474 e. The predicted octanol–water partition coefficient (Wildman–Crippen LogP) is 3.03. The van der Waals surface area contributed by atoms with Crippen LogP contribution in [0, 0.1) is 0 Å². The number of amides is 1. The van der Waals surface area contributed by atoms with E-state index in [0.717, 1.165) is 38.8 Å². The van der Waals surface area contributed by atoms with Gasteiger partial charge in [-0.3, -0.25) is 4.79 Å². The van der Waals surface area contributed by atoms with Gasteiger partial charge in [0, 0.05) is 30.9 Å². The third kappa shape index (κ3) is 3.11. The SMILES string of the molecule is O=C(c1ccnc(OC2CCCCC2)c1)N1CCCC1. The maximum absolute atomic E-state index is 12.3. The number of carbonyl (C=O) groups excluding carboxylic acids is 1. The summed E-state index contributed by atoms with van der Waals surface area (Å²) in [4.78, 5) is 18.5. The normalized spacial score (nSPS) is 20.1. The molecular formula is C16H22N2O2. The molecule has 1 aromatic rings. The lowest BCUT2D eigenvalue weighted by molar-refractivity contribution is 0.0791. The molecule has 0 radical (unpaired) electrons. The largest absolute Gasteiger partial charge is 0.474 e. The Morgan fingerprint density at radius 2 is 1.90 bits per heavy atom. The van der Waals surface area contributed by atoms with Gasteiger partial charge in [0.15, 0.2) is 0 Å². The Balaban J connectivity index is 1.67. The molecule has 4 nitrogen and oxygen atoms in total. The number of likely N-dealkylation sites (tertiary alicyclic amines) is 1. The summed E-state index contributed by atoms with van der Waals surface area (Å²) >= 11 is 0. The van der Waals surface area contributed by atoms with Crippen molar-refractivity contribution in [2.24, 2.45) is 0 Å². The van der Waals surface area contributed by atoms with Gasteiger partial charge in [0.2, 0.25) is 5.88 Å². The first-order valence-corrected chi connectivity index (χ1v) is 7.75. The van der Waals surface area contributed by atoms with Gasteiger partial charge in [-0.15, -0.1) is 0 Å². The first-order valence-electron chi connectivity index (χ1n) is 7.75. The van der Waals surface area contributed by atoms with Crippen molar-refractivity contribution in [2.75, 3.05) is 13.1 Å². The molecule has 3 rings (SSSR count). The summed E-state index contributed by atoms with van der Waals surface area (Å²) in [5.41, 5.74) is 0.702. The molecule has 2 heterocycles. The summed E-state index contributed by atoms with van der Waals surface area (Å²) in [7, 11) is 0. The highest BCUT2D eigenvalue weighted by Crippen LogP contribution is 2.23. The Morgan fingerprint density at radius 3 is 2.65 bits per heavy atom. The van der Waals surface area contributed by atoms with Crippen LogP contribution in [0.5, 0.6) is 5.88 Å². The van der Waals surface area contributed by atoms with Gasteiger partial charge in [-0.2, -0.15) is 0 Å². The molecule has 0 N–H and O–H groups in total. The quantitative estimate of drug-likeness (QED) is 0.851. The molecule has 2 aliphatic rings. The van der Waals surface area contributed by atoms with E-state index in [1.54, 1.807) is 18.3 Å². The van der Waals surface area contributed by atoms with E-state index in [4.69, 9.17) is 4.74 Å². The second-order valence-corrected chi connectivity index (χ2v) is 5.76. The summed E-state index contributed by atoms with van der Waals surface area (Å²) < 4.78 is 5.93. The number of nitrogens with zero attached hydrogens (tertiary/aromatic N) is 2. The average Bonchev–Trinajstić information content (AvgIpc) is 3.02. The molecular weight excluding hydrogens is 252 g/mol. The molecule has 1 saturated heterocycles. The molecule has 4 heteroatoms. The van der Waals surface area contributed by atoms with Crippen molar-refractivity contribution in [3.63, 3.8) is 0 Å². The van der Waals surface area contributed by atoms with E-state index in [-0.39, 0.29) is 12.0 Å². The van der Waals surface area contributed by atoms with Crippen molar-refractivity contribution < 1.29 is 9.53 Å². The third-order valence-corrected chi connectivity index (χ3v) is 4.21. The van der Waals surface area contributed by atoms with Gasteiger partial charge in [-0.1, -0.05) is 6.42 Å². The lowest BCUT2D eigenvalue weighted by atomic mass is 9.98. The number of rotatable bonds is 3. The maximum atomic E-state index is 12.3. The second kappa shape index (κ2) is 6.25. The fraction of sp³-hybridized carbons (Fsp3) is 0.625. The van der Waals surface area contributed by atoms with Crippen molar-refractivity contribution in [3.05, 3.63) is 23.9 Å². The Morgan fingerprint density at radius 1 is 1.15 bits per heavy atom. The van der Waals surface area contributed by atoms with Gasteiger partial charge < -0.3 is 9.64 Å². The zero-order chi connectivity index (χ0) is 13.8. The van der Waals surface area contributed by atoms with Crippen LogP contribution in [0.4, 0.5) is 0 Å². The molecule has 1 saturated carbocycles. The van der Waals surface area contributed by atoms with E-state index >= 15 is 0 Å². The molecule has 0 spiro atoms. The second-order valence-electron chi connectivity index (χ2n) is 5.76. The lowest BCUT2D eigenvalue weighted by Crippen LogP contribution is -2.27. The van der Waals surface area contributed by atoms with Crippen LogP contribution in [0.1, 0.15) is 55.3 Å². The molecule has 20 heavy (non-hydrogen) atoms. The Hall–Kier alpha value is -1.58. The summed E-state index contributed by atoms with van der Waals surface area (Å²) in [5, 5.41) is 0. The highest BCUT2D eigenvalue weighted by Gasteiger charge is 2.21. The Labute approximate surface area is 120 Å². The standard InChI is InChI=1S/C16H22N2O2/c19-16(18-10-4-5-11-18)13-8-9-17-15(12-13)20-14-6-2-1-3-7-14/h8-9,12,14H,1-7,10-11H2. The minimum absolute atomic E-state index is 0.110. The average molecular weight is 274 g/mol. The fourth-order valence-corrected chi connectivity index (χ4v) is 3.06. The van der Waals surface area contributed by atoms with E-state index in [2.05, 4.69) is 4.98 Å². The predicted molar refractivity (Wildman–Crippen MR) is 76.9 cm³/mol. The molecule has 0 bridgehead atoms. The number of pyridine rings is 1. The van der Waals surface area contributed by atoms with E-state index in [1.165, 1.54) is 19.3 Å². The smallest absolute Gasteiger partial charge is 0.254 e. The van der Waals surface area contributed by atoms with Gasteiger partial charge in [-0.25, -0.2) is 4.98 Å². The molecule has 1 aliphatic carbocycles. The van der Waals surface area contributed by atoms with Crippen LogP contribution in [-0.4, -0.2) is 35.0 Å². The number of hydrogen-bond acceptors (Lipinski definition) is 3. The van der Waals surface area contributed by atoms with Crippen LogP contribution in [0.25, 0.3) is 0 Å². The van der Waals surface area contributed by atoms with Gasteiger partial charge >= 0.3 is 0 Å². The van der Waals surface area contributed by atoms with Gasteiger partial charge in [-0.05, 0) is 44.6 Å². The van der Waals surface area contributed by atoms with Gasteiger partial charge in [0.1, 0.15) is 6.10 Å². The molecule has 1 aliphatic heterocycles. The number of hydrogen-bond donors (Lipinski definition) is 0. The topological polar surface area (TPSA) is 42.4 Å².